The first-order chi connectivity index (χ1) is 10.6. The molecule has 22 heavy (non-hydrogen) atoms. The van der Waals surface area contributed by atoms with Gasteiger partial charge in [-0.2, -0.15) is 0 Å². The van der Waals surface area contributed by atoms with E-state index in [4.69, 9.17) is 0 Å². The van der Waals surface area contributed by atoms with Gasteiger partial charge in [-0.15, -0.1) is 0 Å². The molecule has 0 heterocycles. The van der Waals surface area contributed by atoms with Crippen molar-refractivity contribution in [3.63, 3.8) is 0 Å². The fourth-order valence-electron chi connectivity index (χ4n) is 3.32. The third kappa shape index (κ3) is 4.10. The summed E-state index contributed by atoms with van der Waals surface area (Å²) < 4.78 is 0. The highest BCUT2D eigenvalue weighted by molar-refractivity contribution is 5.81. The third-order valence-corrected chi connectivity index (χ3v) is 5.09. The Balaban J connectivity index is 1.97. The number of nitrogens with one attached hydrogen (secondary N) is 2. The predicted octanol–water partition coefficient (Wildman–Crippen LogP) is 3.39. The Hall–Kier alpha value is -1.35. The van der Waals surface area contributed by atoms with Gasteiger partial charge >= 0.3 is 0 Å². The summed E-state index contributed by atoms with van der Waals surface area (Å²) in [5.74, 6) is 0.107. The van der Waals surface area contributed by atoms with Crippen LogP contribution in [0.5, 0.6) is 0 Å². The maximum Gasteiger partial charge on any atom is 0.237 e. The molecule has 2 unspecified atom stereocenters. The molecule has 1 saturated carbocycles. The normalized spacial score (nSPS) is 19.6. The van der Waals surface area contributed by atoms with Crippen molar-refractivity contribution in [1.82, 2.24) is 10.6 Å². The highest BCUT2D eigenvalue weighted by Crippen LogP contribution is 2.40. The van der Waals surface area contributed by atoms with Crippen LogP contribution in [0, 0.1) is 0 Å². The van der Waals surface area contributed by atoms with Crippen LogP contribution >= 0.6 is 0 Å². The first-order valence-corrected chi connectivity index (χ1v) is 8.67. The SMILES string of the molecule is CCC(C)NC(=O)C(C)NCC1(c2ccccc2)CCCC1. The Labute approximate surface area is 134 Å². The van der Waals surface area contributed by atoms with Gasteiger partial charge < -0.3 is 10.6 Å². The maximum absolute atomic E-state index is 12.2. The lowest BCUT2D eigenvalue weighted by molar-refractivity contribution is -0.123. The topological polar surface area (TPSA) is 41.1 Å². The average molecular weight is 302 g/mol. The summed E-state index contributed by atoms with van der Waals surface area (Å²) >= 11 is 0. The Morgan fingerprint density at radius 1 is 1.18 bits per heavy atom. The van der Waals surface area contributed by atoms with Crippen LogP contribution in [-0.2, 0) is 10.2 Å². The van der Waals surface area contributed by atoms with Crippen molar-refractivity contribution in [3.8, 4) is 0 Å². The smallest absolute Gasteiger partial charge is 0.237 e. The summed E-state index contributed by atoms with van der Waals surface area (Å²) in [7, 11) is 0. The number of rotatable bonds is 7. The summed E-state index contributed by atoms with van der Waals surface area (Å²) in [5, 5.41) is 6.54. The van der Waals surface area contributed by atoms with Crippen molar-refractivity contribution in [3.05, 3.63) is 35.9 Å². The summed E-state index contributed by atoms with van der Waals surface area (Å²) in [6.45, 7) is 6.98. The van der Waals surface area contributed by atoms with Crippen molar-refractivity contribution in [1.29, 1.82) is 0 Å². The van der Waals surface area contributed by atoms with Crippen LogP contribution in [-0.4, -0.2) is 24.5 Å². The zero-order valence-corrected chi connectivity index (χ0v) is 14.2. The minimum atomic E-state index is -0.143. The summed E-state index contributed by atoms with van der Waals surface area (Å²) in [6.07, 6.45) is 5.95. The second kappa shape index (κ2) is 7.77. The quantitative estimate of drug-likeness (QED) is 0.810. The van der Waals surface area contributed by atoms with Crippen LogP contribution in [0.1, 0.15) is 58.4 Å². The molecule has 0 radical (unpaired) electrons. The van der Waals surface area contributed by atoms with E-state index in [0.29, 0.717) is 0 Å². The Morgan fingerprint density at radius 3 is 2.41 bits per heavy atom. The lowest BCUT2D eigenvalue weighted by Crippen LogP contribution is -2.49. The second-order valence-corrected chi connectivity index (χ2v) is 6.77. The van der Waals surface area contributed by atoms with E-state index in [1.54, 1.807) is 0 Å². The molecule has 2 N–H and O–H groups in total. The molecule has 1 aromatic carbocycles. The number of carbonyl (C=O) groups is 1. The molecular weight excluding hydrogens is 272 g/mol. The van der Waals surface area contributed by atoms with E-state index in [-0.39, 0.29) is 23.4 Å². The lowest BCUT2D eigenvalue weighted by Gasteiger charge is -2.31. The van der Waals surface area contributed by atoms with Gasteiger partial charge in [0.1, 0.15) is 0 Å². The molecule has 0 spiro atoms. The van der Waals surface area contributed by atoms with E-state index < -0.39 is 0 Å². The third-order valence-electron chi connectivity index (χ3n) is 5.09. The lowest BCUT2D eigenvalue weighted by atomic mass is 9.78. The fourth-order valence-corrected chi connectivity index (χ4v) is 3.32. The zero-order valence-electron chi connectivity index (χ0n) is 14.2. The molecule has 1 fully saturated rings. The summed E-state index contributed by atoms with van der Waals surface area (Å²) in [5.41, 5.74) is 1.61. The molecule has 1 aliphatic carbocycles. The van der Waals surface area contributed by atoms with Gasteiger partial charge in [0.05, 0.1) is 6.04 Å². The monoisotopic (exact) mass is 302 g/mol. The molecular formula is C19H30N2O. The van der Waals surface area contributed by atoms with Crippen molar-refractivity contribution in [2.24, 2.45) is 0 Å². The predicted molar refractivity (Wildman–Crippen MR) is 91.9 cm³/mol. The molecule has 0 aliphatic heterocycles. The van der Waals surface area contributed by atoms with Crippen LogP contribution in [0.25, 0.3) is 0 Å². The van der Waals surface area contributed by atoms with E-state index in [9.17, 15) is 4.79 Å². The van der Waals surface area contributed by atoms with Gasteiger partial charge in [-0.05, 0) is 38.7 Å². The number of hydrogen-bond donors (Lipinski definition) is 2. The average Bonchev–Trinajstić information content (AvgIpc) is 3.03. The molecule has 2 atom stereocenters. The van der Waals surface area contributed by atoms with E-state index in [1.807, 2.05) is 13.8 Å². The van der Waals surface area contributed by atoms with Crippen LogP contribution in [0.2, 0.25) is 0 Å². The van der Waals surface area contributed by atoms with Gasteiger partial charge in [0.25, 0.3) is 0 Å². The fraction of sp³-hybridized carbons (Fsp3) is 0.632. The Bertz CT molecular complexity index is 466. The van der Waals surface area contributed by atoms with Gasteiger partial charge in [-0.1, -0.05) is 50.1 Å². The number of hydrogen-bond acceptors (Lipinski definition) is 2. The van der Waals surface area contributed by atoms with Crippen LogP contribution in [0.3, 0.4) is 0 Å². The molecule has 0 saturated heterocycles. The molecule has 1 aliphatic rings. The first-order valence-electron chi connectivity index (χ1n) is 8.67. The second-order valence-electron chi connectivity index (χ2n) is 6.77. The largest absolute Gasteiger partial charge is 0.352 e. The molecule has 2 rings (SSSR count). The summed E-state index contributed by atoms with van der Waals surface area (Å²) in [6, 6.07) is 10.9. The van der Waals surface area contributed by atoms with Gasteiger partial charge in [0.2, 0.25) is 5.91 Å². The van der Waals surface area contributed by atoms with Gasteiger partial charge in [0, 0.05) is 18.0 Å². The van der Waals surface area contributed by atoms with E-state index in [0.717, 1.165) is 13.0 Å². The number of amides is 1. The van der Waals surface area contributed by atoms with Crippen LogP contribution < -0.4 is 10.6 Å². The number of carbonyl (C=O) groups excluding carboxylic acids is 1. The highest BCUT2D eigenvalue weighted by atomic mass is 16.2. The van der Waals surface area contributed by atoms with Crippen molar-refractivity contribution < 1.29 is 4.79 Å². The molecule has 122 valence electrons. The summed E-state index contributed by atoms with van der Waals surface area (Å²) in [4.78, 5) is 12.2. The van der Waals surface area contributed by atoms with Crippen molar-refractivity contribution in [2.75, 3.05) is 6.54 Å². The van der Waals surface area contributed by atoms with Gasteiger partial charge in [-0.3, -0.25) is 4.79 Å². The van der Waals surface area contributed by atoms with Crippen LogP contribution in [0.15, 0.2) is 30.3 Å². The van der Waals surface area contributed by atoms with Crippen LogP contribution in [0.4, 0.5) is 0 Å². The minimum absolute atomic E-state index is 0.107. The first kappa shape index (κ1) is 17.0. The van der Waals surface area contributed by atoms with E-state index in [2.05, 4.69) is 47.9 Å². The van der Waals surface area contributed by atoms with Crippen molar-refractivity contribution in [2.45, 2.75) is 70.4 Å². The highest BCUT2D eigenvalue weighted by Gasteiger charge is 2.35. The van der Waals surface area contributed by atoms with Gasteiger partial charge in [0.15, 0.2) is 0 Å². The maximum atomic E-state index is 12.2. The number of benzene rings is 1. The molecule has 0 bridgehead atoms. The molecule has 1 amide bonds. The molecule has 3 heteroatoms. The molecule has 1 aromatic rings. The Kier molecular flexibility index (Phi) is 6.01. The standard InChI is InChI=1S/C19H30N2O/c1-4-15(2)21-18(22)16(3)20-14-19(12-8-9-13-19)17-10-6-5-7-11-17/h5-7,10-11,15-16,20H,4,8-9,12-14H2,1-3H3,(H,21,22). The zero-order chi connectivity index (χ0) is 16.0. The minimum Gasteiger partial charge on any atom is -0.352 e. The van der Waals surface area contributed by atoms with Gasteiger partial charge in [-0.25, -0.2) is 0 Å². The van der Waals surface area contributed by atoms with E-state index in [1.165, 1.54) is 31.2 Å². The Morgan fingerprint density at radius 2 is 1.82 bits per heavy atom. The van der Waals surface area contributed by atoms with E-state index >= 15 is 0 Å². The van der Waals surface area contributed by atoms with Crippen molar-refractivity contribution >= 4 is 5.91 Å². The molecule has 0 aromatic heterocycles. The molecule has 3 nitrogen and oxygen atoms in total.